The van der Waals surface area contributed by atoms with Gasteiger partial charge in [0, 0.05) is 23.2 Å². The zero-order valence-electron chi connectivity index (χ0n) is 11.4. The van der Waals surface area contributed by atoms with Gasteiger partial charge in [0.05, 0.1) is 5.52 Å². The molecular formula is C16H16N4. The van der Waals surface area contributed by atoms with Crippen molar-refractivity contribution in [1.82, 2.24) is 15.0 Å². The number of hydrogen-bond donors (Lipinski definition) is 1. The Labute approximate surface area is 117 Å². The third kappa shape index (κ3) is 2.51. The van der Waals surface area contributed by atoms with Crippen LogP contribution in [0.15, 0.2) is 42.5 Å². The molecule has 0 aliphatic rings. The van der Waals surface area contributed by atoms with Gasteiger partial charge in [-0.05, 0) is 31.7 Å². The van der Waals surface area contributed by atoms with E-state index in [1.165, 1.54) is 0 Å². The Hall–Kier alpha value is -2.33. The van der Waals surface area contributed by atoms with Crippen LogP contribution < -0.4 is 5.73 Å². The molecule has 0 aliphatic heterocycles. The van der Waals surface area contributed by atoms with Crippen LogP contribution in [0.4, 0.5) is 0 Å². The molecule has 0 fully saturated rings. The number of rotatable bonds is 3. The van der Waals surface area contributed by atoms with E-state index in [2.05, 4.69) is 15.0 Å². The van der Waals surface area contributed by atoms with Gasteiger partial charge in [0.15, 0.2) is 5.82 Å². The van der Waals surface area contributed by atoms with Crippen molar-refractivity contribution in [2.75, 3.05) is 6.54 Å². The number of pyridine rings is 1. The van der Waals surface area contributed by atoms with Crippen LogP contribution in [0.1, 0.15) is 11.4 Å². The summed E-state index contributed by atoms with van der Waals surface area (Å²) in [5.74, 6) is 0.666. The standard InChI is InChI=1S/C16H16N4/c1-11-10-13(8-9-17)19-16(18-11)15-7-6-12-4-2-3-5-14(12)20-15/h2-7,10H,8-9,17H2,1H3. The molecule has 4 nitrogen and oxygen atoms in total. The second-order valence-electron chi connectivity index (χ2n) is 4.75. The molecule has 1 aromatic carbocycles. The van der Waals surface area contributed by atoms with Crippen LogP contribution in [-0.4, -0.2) is 21.5 Å². The van der Waals surface area contributed by atoms with Crippen LogP contribution in [0.3, 0.4) is 0 Å². The van der Waals surface area contributed by atoms with Crippen molar-refractivity contribution in [2.24, 2.45) is 5.73 Å². The van der Waals surface area contributed by atoms with E-state index >= 15 is 0 Å². The monoisotopic (exact) mass is 264 g/mol. The molecule has 20 heavy (non-hydrogen) atoms. The molecule has 0 spiro atoms. The number of nitrogens with two attached hydrogens (primary N) is 1. The fourth-order valence-corrected chi connectivity index (χ4v) is 2.21. The van der Waals surface area contributed by atoms with Gasteiger partial charge in [-0.2, -0.15) is 0 Å². The van der Waals surface area contributed by atoms with Gasteiger partial charge >= 0.3 is 0 Å². The zero-order chi connectivity index (χ0) is 13.9. The smallest absolute Gasteiger partial charge is 0.178 e. The summed E-state index contributed by atoms with van der Waals surface area (Å²) in [4.78, 5) is 13.7. The summed E-state index contributed by atoms with van der Waals surface area (Å²) in [5, 5.41) is 1.12. The molecule has 0 saturated heterocycles. The van der Waals surface area contributed by atoms with Gasteiger partial charge in [-0.15, -0.1) is 0 Å². The van der Waals surface area contributed by atoms with Gasteiger partial charge in [0.2, 0.25) is 0 Å². The SMILES string of the molecule is Cc1cc(CCN)nc(-c2ccc3ccccc3n2)n1. The summed E-state index contributed by atoms with van der Waals surface area (Å²) in [5.41, 5.74) is 9.25. The van der Waals surface area contributed by atoms with Crippen LogP contribution >= 0.6 is 0 Å². The van der Waals surface area contributed by atoms with E-state index in [-0.39, 0.29) is 0 Å². The Morgan fingerprint density at radius 2 is 1.85 bits per heavy atom. The van der Waals surface area contributed by atoms with Crippen molar-refractivity contribution < 1.29 is 0 Å². The van der Waals surface area contributed by atoms with Gasteiger partial charge in [-0.1, -0.05) is 24.3 Å². The molecule has 0 radical (unpaired) electrons. The molecule has 0 aliphatic carbocycles. The van der Waals surface area contributed by atoms with Gasteiger partial charge < -0.3 is 5.73 Å². The molecule has 0 saturated carbocycles. The Bertz CT molecular complexity index is 752. The van der Waals surface area contributed by atoms with Crippen LogP contribution in [0.2, 0.25) is 0 Å². The van der Waals surface area contributed by atoms with Crippen molar-refractivity contribution >= 4 is 10.9 Å². The highest BCUT2D eigenvalue weighted by atomic mass is 14.9. The van der Waals surface area contributed by atoms with E-state index < -0.39 is 0 Å². The molecule has 3 rings (SSSR count). The maximum atomic E-state index is 5.60. The summed E-state index contributed by atoms with van der Waals surface area (Å²) in [6.45, 7) is 2.55. The molecule has 2 N–H and O–H groups in total. The lowest BCUT2D eigenvalue weighted by Gasteiger charge is -2.06. The highest BCUT2D eigenvalue weighted by Gasteiger charge is 2.07. The van der Waals surface area contributed by atoms with Crippen molar-refractivity contribution in [2.45, 2.75) is 13.3 Å². The maximum absolute atomic E-state index is 5.60. The fourth-order valence-electron chi connectivity index (χ4n) is 2.21. The molecule has 0 unspecified atom stereocenters. The van der Waals surface area contributed by atoms with Gasteiger partial charge in [-0.25, -0.2) is 15.0 Å². The quantitative estimate of drug-likeness (QED) is 0.789. The van der Waals surface area contributed by atoms with Crippen LogP contribution in [-0.2, 0) is 6.42 Å². The van der Waals surface area contributed by atoms with E-state index in [1.807, 2.05) is 49.4 Å². The molecule has 100 valence electrons. The number of fused-ring (bicyclic) bond motifs is 1. The average Bonchev–Trinajstić information content (AvgIpc) is 2.46. The van der Waals surface area contributed by atoms with E-state index in [9.17, 15) is 0 Å². The van der Waals surface area contributed by atoms with Crippen molar-refractivity contribution in [3.05, 3.63) is 53.9 Å². The molecule has 2 aromatic heterocycles. The summed E-state index contributed by atoms with van der Waals surface area (Å²) in [6.07, 6.45) is 0.754. The lowest BCUT2D eigenvalue weighted by Crippen LogP contribution is -2.06. The molecule has 0 amide bonds. The predicted octanol–water partition coefficient (Wildman–Crippen LogP) is 2.50. The fraction of sp³-hybridized carbons (Fsp3) is 0.188. The summed E-state index contributed by atoms with van der Waals surface area (Å²) >= 11 is 0. The average molecular weight is 264 g/mol. The predicted molar refractivity (Wildman–Crippen MR) is 80.3 cm³/mol. The minimum absolute atomic E-state index is 0.584. The Kier molecular flexibility index (Phi) is 3.39. The summed E-state index contributed by atoms with van der Waals surface area (Å²) in [6, 6.07) is 14.0. The second kappa shape index (κ2) is 5.35. The van der Waals surface area contributed by atoms with Gasteiger partial charge in [-0.3, -0.25) is 0 Å². The summed E-state index contributed by atoms with van der Waals surface area (Å²) in [7, 11) is 0. The minimum Gasteiger partial charge on any atom is -0.330 e. The lowest BCUT2D eigenvalue weighted by molar-refractivity contribution is 0.903. The first-order valence-corrected chi connectivity index (χ1v) is 6.67. The molecule has 4 heteroatoms. The Morgan fingerprint density at radius 1 is 1.00 bits per heavy atom. The molecule has 2 heterocycles. The normalized spacial score (nSPS) is 10.9. The number of benzene rings is 1. The largest absolute Gasteiger partial charge is 0.330 e. The molecular weight excluding hydrogens is 248 g/mol. The highest BCUT2D eigenvalue weighted by Crippen LogP contribution is 2.18. The first-order chi connectivity index (χ1) is 9.76. The minimum atomic E-state index is 0.584. The van der Waals surface area contributed by atoms with Crippen LogP contribution in [0.25, 0.3) is 22.4 Å². The third-order valence-corrected chi connectivity index (χ3v) is 3.14. The van der Waals surface area contributed by atoms with E-state index in [1.54, 1.807) is 0 Å². The Balaban J connectivity index is 2.10. The zero-order valence-corrected chi connectivity index (χ0v) is 11.4. The first-order valence-electron chi connectivity index (χ1n) is 6.67. The van der Waals surface area contributed by atoms with E-state index in [0.717, 1.165) is 34.4 Å². The first kappa shape index (κ1) is 12.7. The molecule has 3 aromatic rings. The van der Waals surface area contributed by atoms with Gasteiger partial charge in [0.25, 0.3) is 0 Å². The number of aromatic nitrogens is 3. The maximum Gasteiger partial charge on any atom is 0.178 e. The molecule has 0 bridgehead atoms. The van der Waals surface area contributed by atoms with Crippen LogP contribution in [0.5, 0.6) is 0 Å². The van der Waals surface area contributed by atoms with E-state index in [0.29, 0.717) is 12.4 Å². The van der Waals surface area contributed by atoms with Crippen molar-refractivity contribution in [3.8, 4) is 11.5 Å². The highest BCUT2D eigenvalue weighted by molar-refractivity contribution is 5.80. The lowest BCUT2D eigenvalue weighted by atomic mass is 10.2. The Morgan fingerprint density at radius 3 is 2.70 bits per heavy atom. The topological polar surface area (TPSA) is 64.7 Å². The molecule has 0 atom stereocenters. The number of aryl methyl sites for hydroxylation is 1. The van der Waals surface area contributed by atoms with E-state index in [4.69, 9.17) is 5.73 Å². The number of nitrogens with zero attached hydrogens (tertiary/aromatic N) is 3. The summed E-state index contributed by atoms with van der Waals surface area (Å²) < 4.78 is 0. The second-order valence-corrected chi connectivity index (χ2v) is 4.75. The third-order valence-electron chi connectivity index (χ3n) is 3.14. The van der Waals surface area contributed by atoms with Crippen molar-refractivity contribution in [3.63, 3.8) is 0 Å². The van der Waals surface area contributed by atoms with Gasteiger partial charge in [0.1, 0.15) is 5.69 Å². The van der Waals surface area contributed by atoms with Crippen molar-refractivity contribution in [1.29, 1.82) is 0 Å². The van der Waals surface area contributed by atoms with Crippen LogP contribution in [0, 0.1) is 6.92 Å². The number of hydrogen-bond acceptors (Lipinski definition) is 4. The number of para-hydroxylation sites is 1.